The number of carboxylic acid groups (broad SMARTS) is 1. The minimum Gasteiger partial charge on any atom is -0.480 e. The predicted molar refractivity (Wildman–Crippen MR) is 84.6 cm³/mol. The van der Waals surface area contributed by atoms with Crippen LogP contribution in [0, 0.1) is 6.92 Å². The lowest BCUT2D eigenvalue weighted by atomic mass is 10.2. The topological polar surface area (TPSA) is 75.4 Å². The lowest BCUT2D eigenvalue weighted by molar-refractivity contribution is -0.141. The number of benzene rings is 1. The Morgan fingerprint density at radius 3 is 2.52 bits per heavy atom. The number of carboxylic acids is 1. The Bertz CT molecular complexity index is 735. The summed E-state index contributed by atoms with van der Waals surface area (Å²) in [5.41, 5.74) is 1.98. The second-order valence-corrected chi connectivity index (χ2v) is 5.88. The van der Waals surface area contributed by atoms with Gasteiger partial charge in [-0.05, 0) is 44.9 Å². The van der Waals surface area contributed by atoms with Crippen molar-refractivity contribution in [2.45, 2.75) is 38.8 Å². The van der Waals surface area contributed by atoms with Crippen LogP contribution in [0.4, 0.5) is 0 Å². The molecule has 6 nitrogen and oxygen atoms in total. The number of hydrogen-bond donors (Lipinski definition) is 1. The normalized spacial score (nSPS) is 15.2. The van der Waals surface area contributed by atoms with Gasteiger partial charge in [0.25, 0.3) is 5.91 Å². The van der Waals surface area contributed by atoms with Gasteiger partial charge in [-0.2, -0.15) is 5.10 Å². The standard InChI is InChI=1S/C17H19N3O3/c1-11-10-15(18-20(11)14-6-4-3-5-7-14)16(21)19(13-8-9-13)12(2)17(22)23/h3-7,10,12-13H,8-9H2,1-2H3,(H,22,23). The van der Waals surface area contributed by atoms with Gasteiger partial charge >= 0.3 is 5.97 Å². The highest BCUT2D eigenvalue weighted by Crippen LogP contribution is 2.30. The van der Waals surface area contributed by atoms with Gasteiger partial charge in [0.2, 0.25) is 0 Å². The molecule has 1 heterocycles. The van der Waals surface area contributed by atoms with Crippen molar-refractivity contribution >= 4 is 11.9 Å². The van der Waals surface area contributed by atoms with Crippen LogP contribution in [-0.4, -0.2) is 43.7 Å². The molecule has 0 saturated heterocycles. The molecular formula is C17H19N3O3. The molecule has 0 spiro atoms. The zero-order chi connectivity index (χ0) is 16.6. The molecule has 1 N–H and O–H groups in total. The fourth-order valence-electron chi connectivity index (χ4n) is 2.67. The van der Waals surface area contributed by atoms with Crippen LogP contribution in [0.25, 0.3) is 5.69 Å². The highest BCUT2D eigenvalue weighted by Gasteiger charge is 2.39. The Morgan fingerprint density at radius 1 is 1.30 bits per heavy atom. The van der Waals surface area contributed by atoms with E-state index < -0.39 is 12.0 Å². The van der Waals surface area contributed by atoms with E-state index in [4.69, 9.17) is 0 Å². The number of aryl methyl sites for hydroxylation is 1. The van der Waals surface area contributed by atoms with E-state index in [-0.39, 0.29) is 17.6 Å². The quantitative estimate of drug-likeness (QED) is 0.918. The summed E-state index contributed by atoms with van der Waals surface area (Å²) in [5, 5.41) is 13.6. The van der Waals surface area contributed by atoms with Gasteiger partial charge in [-0.3, -0.25) is 4.79 Å². The highest BCUT2D eigenvalue weighted by atomic mass is 16.4. The third-order valence-corrected chi connectivity index (χ3v) is 4.06. The Kier molecular flexibility index (Phi) is 3.90. The van der Waals surface area contributed by atoms with Gasteiger partial charge in [-0.25, -0.2) is 9.48 Å². The van der Waals surface area contributed by atoms with Gasteiger partial charge in [-0.1, -0.05) is 18.2 Å². The highest BCUT2D eigenvalue weighted by molar-refractivity contribution is 5.95. The fourth-order valence-corrected chi connectivity index (χ4v) is 2.67. The number of aromatic nitrogens is 2. The predicted octanol–water partition coefficient (Wildman–Crippen LogP) is 2.26. The van der Waals surface area contributed by atoms with Crippen molar-refractivity contribution in [2.24, 2.45) is 0 Å². The molecular weight excluding hydrogens is 294 g/mol. The first kappa shape index (κ1) is 15.3. The molecule has 0 radical (unpaired) electrons. The van der Waals surface area contributed by atoms with Gasteiger partial charge in [-0.15, -0.1) is 0 Å². The number of carbonyl (C=O) groups excluding carboxylic acids is 1. The minimum atomic E-state index is -0.996. The largest absolute Gasteiger partial charge is 0.480 e. The van der Waals surface area contributed by atoms with Crippen LogP contribution in [0.3, 0.4) is 0 Å². The van der Waals surface area contributed by atoms with E-state index in [1.165, 1.54) is 4.90 Å². The van der Waals surface area contributed by atoms with Crippen molar-refractivity contribution in [3.63, 3.8) is 0 Å². The average Bonchev–Trinajstić information content (AvgIpc) is 3.29. The Balaban J connectivity index is 1.92. The van der Waals surface area contributed by atoms with E-state index in [1.54, 1.807) is 17.7 Å². The molecule has 1 aromatic heterocycles. The molecule has 1 atom stereocenters. The molecule has 1 aliphatic carbocycles. The molecule has 1 unspecified atom stereocenters. The second kappa shape index (κ2) is 5.87. The van der Waals surface area contributed by atoms with Crippen LogP contribution < -0.4 is 0 Å². The summed E-state index contributed by atoms with van der Waals surface area (Å²) in [7, 11) is 0. The number of nitrogens with zero attached hydrogens (tertiary/aromatic N) is 3. The molecule has 120 valence electrons. The molecule has 1 aromatic carbocycles. The number of hydrogen-bond acceptors (Lipinski definition) is 3. The molecule has 23 heavy (non-hydrogen) atoms. The first-order valence-corrected chi connectivity index (χ1v) is 7.66. The summed E-state index contributed by atoms with van der Waals surface area (Å²) in [6, 6.07) is 10.4. The molecule has 1 saturated carbocycles. The number of carbonyl (C=O) groups is 2. The van der Waals surface area contributed by atoms with E-state index in [0.29, 0.717) is 0 Å². The maximum absolute atomic E-state index is 12.8. The van der Waals surface area contributed by atoms with Crippen LogP contribution >= 0.6 is 0 Å². The lowest BCUT2D eigenvalue weighted by Gasteiger charge is -2.25. The lowest BCUT2D eigenvalue weighted by Crippen LogP contribution is -2.44. The molecule has 0 aliphatic heterocycles. The van der Waals surface area contributed by atoms with Crippen molar-refractivity contribution in [2.75, 3.05) is 0 Å². The van der Waals surface area contributed by atoms with Gasteiger partial charge < -0.3 is 10.0 Å². The van der Waals surface area contributed by atoms with Gasteiger partial charge in [0, 0.05) is 11.7 Å². The molecule has 2 aromatic rings. The van der Waals surface area contributed by atoms with Crippen LogP contribution in [0.5, 0.6) is 0 Å². The molecule has 1 amide bonds. The molecule has 1 aliphatic rings. The minimum absolute atomic E-state index is 0.00998. The molecule has 0 bridgehead atoms. The van der Waals surface area contributed by atoms with Crippen LogP contribution in [0.1, 0.15) is 35.9 Å². The summed E-state index contributed by atoms with van der Waals surface area (Å²) >= 11 is 0. The summed E-state index contributed by atoms with van der Waals surface area (Å²) in [6.07, 6.45) is 1.70. The number of rotatable bonds is 5. The maximum Gasteiger partial charge on any atom is 0.326 e. The first-order chi connectivity index (χ1) is 11.0. The van der Waals surface area contributed by atoms with Crippen LogP contribution in [0.15, 0.2) is 36.4 Å². The SMILES string of the molecule is Cc1cc(C(=O)N(C2CC2)C(C)C(=O)O)nn1-c1ccccc1. The average molecular weight is 313 g/mol. The number of para-hydroxylation sites is 1. The zero-order valence-corrected chi connectivity index (χ0v) is 13.1. The van der Waals surface area contributed by atoms with Gasteiger partial charge in [0.05, 0.1) is 5.69 Å². The van der Waals surface area contributed by atoms with Crippen LogP contribution in [-0.2, 0) is 4.79 Å². The van der Waals surface area contributed by atoms with E-state index in [0.717, 1.165) is 24.2 Å². The second-order valence-electron chi connectivity index (χ2n) is 5.88. The van der Waals surface area contributed by atoms with Gasteiger partial charge in [0.1, 0.15) is 6.04 Å². The third-order valence-electron chi connectivity index (χ3n) is 4.06. The van der Waals surface area contributed by atoms with Crippen molar-refractivity contribution in [3.8, 4) is 5.69 Å². The molecule has 1 fully saturated rings. The molecule has 3 rings (SSSR count). The third kappa shape index (κ3) is 2.97. The monoisotopic (exact) mass is 313 g/mol. The van der Waals surface area contributed by atoms with E-state index in [9.17, 15) is 14.7 Å². The van der Waals surface area contributed by atoms with Crippen molar-refractivity contribution in [3.05, 3.63) is 47.8 Å². The zero-order valence-electron chi connectivity index (χ0n) is 13.1. The number of amides is 1. The van der Waals surface area contributed by atoms with Crippen molar-refractivity contribution < 1.29 is 14.7 Å². The summed E-state index contributed by atoms with van der Waals surface area (Å²) in [6.45, 7) is 3.42. The summed E-state index contributed by atoms with van der Waals surface area (Å²) in [4.78, 5) is 25.5. The summed E-state index contributed by atoms with van der Waals surface area (Å²) in [5.74, 6) is -1.32. The van der Waals surface area contributed by atoms with Crippen LogP contribution in [0.2, 0.25) is 0 Å². The van der Waals surface area contributed by atoms with E-state index >= 15 is 0 Å². The fraction of sp³-hybridized carbons (Fsp3) is 0.353. The number of aliphatic carboxylic acids is 1. The maximum atomic E-state index is 12.8. The van der Waals surface area contributed by atoms with E-state index in [1.807, 2.05) is 37.3 Å². The Hall–Kier alpha value is -2.63. The Morgan fingerprint density at radius 2 is 1.96 bits per heavy atom. The smallest absolute Gasteiger partial charge is 0.326 e. The van der Waals surface area contributed by atoms with E-state index in [2.05, 4.69) is 5.10 Å². The Labute approximate surface area is 134 Å². The molecule has 6 heteroatoms. The van der Waals surface area contributed by atoms with Gasteiger partial charge in [0.15, 0.2) is 5.69 Å². The van der Waals surface area contributed by atoms with Crippen molar-refractivity contribution in [1.82, 2.24) is 14.7 Å². The summed E-state index contributed by atoms with van der Waals surface area (Å²) < 4.78 is 1.70. The first-order valence-electron chi connectivity index (χ1n) is 7.66. The van der Waals surface area contributed by atoms with Crippen molar-refractivity contribution in [1.29, 1.82) is 0 Å².